The van der Waals surface area contributed by atoms with Gasteiger partial charge in [-0.25, -0.2) is 0 Å². The Hall–Kier alpha value is -0.720. The predicted octanol–water partition coefficient (Wildman–Crippen LogP) is 2.36. The Balaban J connectivity index is 0.00000242. The van der Waals surface area contributed by atoms with E-state index in [-0.39, 0.29) is 24.8 Å². The van der Waals surface area contributed by atoms with Crippen molar-refractivity contribution in [2.75, 3.05) is 53.6 Å². The molecule has 0 aliphatic carbocycles. The van der Waals surface area contributed by atoms with Gasteiger partial charge in [0.05, 0.1) is 27.4 Å². The molecule has 1 heterocycles. The summed E-state index contributed by atoms with van der Waals surface area (Å²) in [6, 6.07) is 6.04. The van der Waals surface area contributed by atoms with Gasteiger partial charge in [-0.05, 0) is 37.2 Å². The second-order valence-corrected chi connectivity index (χ2v) is 5.17. The van der Waals surface area contributed by atoms with Crippen molar-refractivity contribution in [2.24, 2.45) is 0 Å². The minimum absolute atomic E-state index is 0. The first-order chi connectivity index (χ1) is 10.3. The van der Waals surface area contributed by atoms with Crippen LogP contribution in [-0.2, 0) is 11.3 Å². The normalized spacial score (nSPS) is 14.5. The highest BCUT2D eigenvalue weighted by atomic mass is 35.5. The summed E-state index contributed by atoms with van der Waals surface area (Å²) in [4.78, 5) is 2.46. The van der Waals surface area contributed by atoms with Crippen molar-refractivity contribution in [3.63, 3.8) is 0 Å². The summed E-state index contributed by atoms with van der Waals surface area (Å²) < 4.78 is 15.9. The standard InChI is InChI=1S/C16H26N2O3.2ClH/c1-19-15-5-4-14(12-16(15)20-2)13-17-6-3-7-18-8-10-21-11-9-18;;/h4-5,12,17H,3,6-11,13H2,1-2H3;2*1H. The van der Waals surface area contributed by atoms with Crippen LogP contribution in [0.3, 0.4) is 0 Å². The van der Waals surface area contributed by atoms with E-state index in [1.165, 1.54) is 5.56 Å². The minimum Gasteiger partial charge on any atom is -0.493 e. The molecule has 0 spiro atoms. The maximum Gasteiger partial charge on any atom is 0.161 e. The molecule has 0 radical (unpaired) electrons. The molecule has 0 saturated carbocycles. The summed E-state index contributed by atoms with van der Waals surface area (Å²) in [6.07, 6.45) is 1.16. The summed E-state index contributed by atoms with van der Waals surface area (Å²) >= 11 is 0. The third kappa shape index (κ3) is 7.59. The Morgan fingerprint density at radius 1 is 1.09 bits per heavy atom. The molecule has 0 atom stereocenters. The monoisotopic (exact) mass is 366 g/mol. The van der Waals surface area contributed by atoms with Crippen LogP contribution in [0.5, 0.6) is 11.5 Å². The Kier molecular flexibility index (Phi) is 12.3. The quantitative estimate of drug-likeness (QED) is 0.715. The number of nitrogens with one attached hydrogen (secondary N) is 1. The van der Waals surface area contributed by atoms with Crippen molar-refractivity contribution in [3.05, 3.63) is 23.8 Å². The summed E-state index contributed by atoms with van der Waals surface area (Å²) in [5, 5.41) is 3.48. The van der Waals surface area contributed by atoms with Crippen molar-refractivity contribution < 1.29 is 14.2 Å². The van der Waals surface area contributed by atoms with Crippen molar-refractivity contribution in [2.45, 2.75) is 13.0 Å². The maximum absolute atomic E-state index is 5.35. The maximum atomic E-state index is 5.35. The van der Waals surface area contributed by atoms with Gasteiger partial charge in [-0.15, -0.1) is 24.8 Å². The fourth-order valence-electron chi connectivity index (χ4n) is 2.48. The minimum atomic E-state index is 0. The molecule has 0 aromatic heterocycles. The summed E-state index contributed by atoms with van der Waals surface area (Å²) in [5.74, 6) is 1.55. The number of benzene rings is 1. The zero-order chi connectivity index (χ0) is 14.9. The molecule has 0 unspecified atom stereocenters. The second-order valence-electron chi connectivity index (χ2n) is 5.17. The molecule has 7 heteroatoms. The fraction of sp³-hybridized carbons (Fsp3) is 0.625. The number of nitrogens with zero attached hydrogens (tertiary/aromatic N) is 1. The van der Waals surface area contributed by atoms with Crippen LogP contribution in [0, 0.1) is 0 Å². The highest BCUT2D eigenvalue weighted by Gasteiger charge is 2.09. The summed E-state index contributed by atoms with van der Waals surface area (Å²) in [5.41, 5.74) is 1.21. The van der Waals surface area contributed by atoms with Gasteiger partial charge in [0, 0.05) is 19.6 Å². The molecule has 1 fully saturated rings. The average molecular weight is 367 g/mol. The number of ether oxygens (including phenoxy) is 3. The topological polar surface area (TPSA) is 43.0 Å². The van der Waals surface area contributed by atoms with Crippen molar-refractivity contribution in [1.82, 2.24) is 10.2 Å². The number of rotatable bonds is 8. The zero-order valence-electron chi connectivity index (χ0n) is 13.9. The van der Waals surface area contributed by atoms with Crippen LogP contribution in [0.25, 0.3) is 0 Å². The highest BCUT2D eigenvalue weighted by Crippen LogP contribution is 2.27. The largest absolute Gasteiger partial charge is 0.493 e. The van der Waals surface area contributed by atoms with Crippen molar-refractivity contribution in [3.8, 4) is 11.5 Å². The van der Waals surface area contributed by atoms with Crippen molar-refractivity contribution in [1.29, 1.82) is 0 Å². The average Bonchev–Trinajstić information content (AvgIpc) is 2.55. The third-order valence-electron chi connectivity index (χ3n) is 3.71. The van der Waals surface area contributed by atoms with Crippen LogP contribution in [0.15, 0.2) is 18.2 Å². The zero-order valence-corrected chi connectivity index (χ0v) is 15.5. The summed E-state index contributed by atoms with van der Waals surface area (Å²) in [6.45, 7) is 6.89. The van der Waals surface area contributed by atoms with Crippen molar-refractivity contribution >= 4 is 24.8 Å². The van der Waals surface area contributed by atoms with Crippen LogP contribution in [0.1, 0.15) is 12.0 Å². The number of halogens is 2. The highest BCUT2D eigenvalue weighted by molar-refractivity contribution is 5.85. The first-order valence-electron chi connectivity index (χ1n) is 7.55. The smallest absolute Gasteiger partial charge is 0.161 e. The van der Waals surface area contributed by atoms with E-state index in [1.807, 2.05) is 12.1 Å². The van der Waals surface area contributed by atoms with E-state index >= 15 is 0 Å². The van der Waals surface area contributed by atoms with Gasteiger partial charge in [0.2, 0.25) is 0 Å². The number of hydrogen-bond acceptors (Lipinski definition) is 5. The lowest BCUT2D eigenvalue weighted by Gasteiger charge is -2.26. The van der Waals surface area contributed by atoms with Crippen LogP contribution in [-0.4, -0.2) is 58.5 Å². The second kappa shape index (κ2) is 12.7. The molecule has 1 N–H and O–H groups in total. The number of methoxy groups -OCH3 is 2. The molecule has 134 valence electrons. The number of hydrogen-bond donors (Lipinski definition) is 1. The number of morpholine rings is 1. The lowest BCUT2D eigenvalue weighted by Crippen LogP contribution is -2.37. The Bertz CT molecular complexity index is 430. The van der Waals surface area contributed by atoms with Gasteiger partial charge >= 0.3 is 0 Å². The van der Waals surface area contributed by atoms with Gasteiger partial charge in [0.1, 0.15) is 0 Å². The van der Waals surface area contributed by atoms with E-state index < -0.39 is 0 Å². The van der Waals surface area contributed by atoms with Gasteiger partial charge < -0.3 is 19.5 Å². The Morgan fingerprint density at radius 2 is 1.78 bits per heavy atom. The molecule has 0 bridgehead atoms. The first-order valence-corrected chi connectivity index (χ1v) is 7.55. The molecule has 1 aliphatic rings. The first kappa shape index (κ1) is 22.3. The molecule has 1 aliphatic heterocycles. The van der Waals surface area contributed by atoms with E-state index in [9.17, 15) is 0 Å². The lowest BCUT2D eigenvalue weighted by molar-refractivity contribution is 0.0374. The molecule has 1 aromatic rings. The molecule has 2 rings (SSSR count). The molecule has 23 heavy (non-hydrogen) atoms. The van der Waals surface area contributed by atoms with Gasteiger partial charge in [-0.2, -0.15) is 0 Å². The van der Waals surface area contributed by atoms with E-state index in [0.717, 1.165) is 63.9 Å². The van der Waals surface area contributed by atoms with Gasteiger partial charge in [0.25, 0.3) is 0 Å². The lowest BCUT2D eigenvalue weighted by atomic mass is 10.2. The van der Waals surface area contributed by atoms with Crippen LogP contribution in [0.2, 0.25) is 0 Å². The van der Waals surface area contributed by atoms with Crippen LogP contribution >= 0.6 is 24.8 Å². The third-order valence-corrected chi connectivity index (χ3v) is 3.71. The van der Waals surface area contributed by atoms with Crippen LogP contribution in [0.4, 0.5) is 0 Å². The van der Waals surface area contributed by atoms with Gasteiger partial charge in [-0.3, -0.25) is 4.90 Å². The summed E-state index contributed by atoms with van der Waals surface area (Å²) in [7, 11) is 3.32. The van der Waals surface area contributed by atoms with Gasteiger partial charge in [-0.1, -0.05) is 6.07 Å². The molecule has 5 nitrogen and oxygen atoms in total. The van der Waals surface area contributed by atoms with E-state index in [2.05, 4.69) is 16.3 Å². The Labute approximate surface area is 151 Å². The molecule has 0 amide bonds. The molecular formula is C16H28Cl2N2O3. The Morgan fingerprint density at radius 3 is 2.43 bits per heavy atom. The van der Waals surface area contributed by atoms with Gasteiger partial charge in [0.15, 0.2) is 11.5 Å². The van der Waals surface area contributed by atoms with Crippen LogP contribution < -0.4 is 14.8 Å². The predicted molar refractivity (Wildman–Crippen MR) is 97.6 cm³/mol. The molecule has 1 aromatic carbocycles. The SMILES string of the molecule is COc1ccc(CNCCCN2CCOCC2)cc1OC.Cl.Cl. The van der Waals surface area contributed by atoms with E-state index in [1.54, 1.807) is 14.2 Å². The fourth-order valence-corrected chi connectivity index (χ4v) is 2.48. The molecular weight excluding hydrogens is 339 g/mol. The molecule has 1 saturated heterocycles. The van der Waals surface area contributed by atoms with E-state index in [0.29, 0.717) is 0 Å². The van der Waals surface area contributed by atoms with E-state index in [4.69, 9.17) is 14.2 Å².